The van der Waals surface area contributed by atoms with Crippen LogP contribution in [0.3, 0.4) is 0 Å². The van der Waals surface area contributed by atoms with Crippen molar-refractivity contribution in [2.75, 3.05) is 22.1 Å². The van der Waals surface area contributed by atoms with Crippen molar-refractivity contribution in [1.29, 1.82) is 0 Å². The molecule has 2 aromatic carbocycles. The quantitative estimate of drug-likeness (QED) is 0.548. The van der Waals surface area contributed by atoms with Crippen molar-refractivity contribution in [2.45, 2.75) is 51.6 Å². The Morgan fingerprint density at radius 3 is 1.90 bits per heavy atom. The molecule has 3 N–H and O–H groups in total. The van der Waals surface area contributed by atoms with Crippen LogP contribution in [0.4, 0.5) is 17.1 Å². The highest BCUT2D eigenvalue weighted by Crippen LogP contribution is 2.20. The molecule has 1 atom stereocenters. The number of nitrogens with zero attached hydrogens (tertiary/aromatic N) is 1. The van der Waals surface area contributed by atoms with Gasteiger partial charge < -0.3 is 15.5 Å². The molecule has 0 radical (unpaired) electrons. The van der Waals surface area contributed by atoms with Crippen LogP contribution in [0.15, 0.2) is 53.4 Å². The third kappa shape index (κ3) is 6.80. The van der Waals surface area contributed by atoms with Gasteiger partial charge in [0.05, 0.1) is 10.9 Å². The first-order valence-electron chi connectivity index (χ1n) is 10.1. The second-order valence-electron chi connectivity index (χ2n) is 7.46. The fourth-order valence-corrected chi connectivity index (χ4v) is 4.31. The maximum atomic E-state index is 12.6. The van der Waals surface area contributed by atoms with Gasteiger partial charge in [-0.3, -0.25) is 9.59 Å². The lowest BCUT2D eigenvalue weighted by atomic mass is 10.2. The van der Waals surface area contributed by atoms with Gasteiger partial charge in [0.25, 0.3) is 0 Å². The van der Waals surface area contributed by atoms with E-state index in [1.54, 1.807) is 12.1 Å². The van der Waals surface area contributed by atoms with Crippen molar-refractivity contribution in [2.24, 2.45) is 0 Å². The van der Waals surface area contributed by atoms with Gasteiger partial charge in [0.2, 0.25) is 21.8 Å². The lowest BCUT2D eigenvalue weighted by Gasteiger charge is -2.27. The van der Waals surface area contributed by atoms with E-state index in [-0.39, 0.29) is 10.8 Å². The summed E-state index contributed by atoms with van der Waals surface area (Å²) in [4.78, 5) is 25.8. The van der Waals surface area contributed by atoms with Crippen molar-refractivity contribution in [3.63, 3.8) is 0 Å². The Morgan fingerprint density at radius 1 is 0.903 bits per heavy atom. The third-order valence-corrected chi connectivity index (χ3v) is 6.20. The molecule has 0 saturated heterocycles. The average Bonchev–Trinajstić information content (AvgIpc) is 2.69. The molecule has 0 aliphatic heterocycles. The summed E-state index contributed by atoms with van der Waals surface area (Å²) in [6, 6.07) is 12.5. The number of hydrogen-bond donors (Lipinski definition) is 3. The number of anilines is 3. The molecule has 31 heavy (non-hydrogen) atoms. The van der Waals surface area contributed by atoms with Crippen LogP contribution in [0.1, 0.15) is 34.6 Å². The highest BCUT2D eigenvalue weighted by atomic mass is 32.2. The van der Waals surface area contributed by atoms with Gasteiger partial charge in [-0.15, -0.1) is 0 Å². The zero-order valence-corrected chi connectivity index (χ0v) is 19.3. The monoisotopic (exact) mass is 446 g/mol. The molecule has 0 aromatic heterocycles. The van der Waals surface area contributed by atoms with Crippen LogP contribution in [0.25, 0.3) is 0 Å². The van der Waals surface area contributed by atoms with E-state index in [1.807, 2.05) is 12.1 Å². The van der Waals surface area contributed by atoms with E-state index in [0.717, 1.165) is 12.2 Å². The van der Waals surface area contributed by atoms with E-state index in [9.17, 15) is 18.0 Å². The summed E-state index contributed by atoms with van der Waals surface area (Å²) in [6.45, 7) is 10.0. The van der Waals surface area contributed by atoms with Crippen LogP contribution in [0, 0.1) is 0 Å². The number of hydrogen-bond acceptors (Lipinski definition) is 5. The Hall–Kier alpha value is -2.91. The maximum Gasteiger partial charge on any atom is 0.242 e. The zero-order chi connectivity index (χ0) is 23.2. The van der Waals surface area contributed by atoms with E-state index in [4.69, 9.17) is 0 Å². The van der Waals surface area contributed by atoms with Crippen LogP contribution in [0.2, 0.25) is 0 Å². The lowest BCUT2D eigenvalue weighted by Crippen LogP contribution is -2.41. The predicted octanol–water partition coefficient (Wildman–Crippen LogP) is 3.19. The molecule has 9 heteroatoms. The van der Waals surface area contributed by atoms with Crippen LogP contribution >= 0.6 is 0 Å². The van der Waals surface area contributed by atoms with Crippen LogP contribution in [-0.2, 0) is 19.6 Å². The Bertz CT molecular complexity index is 1000. The van der Waals surface area contributed by atoms with Gasteiger partial charge in [0.15, 0.2) is 0 Å². The zero-order valence-electron chi connectivity index (χ0n) is 18.5. The number of benzene rings is 2. The summed E-state index contributed by atoms with van der Waals surface area (Å²) in [5.41, 5.74) is 2.12. The van der Waals surface area contributed by atoms with Crippen LogP contribution in [0.5, 0.6) is 0 Å². The molecule has 2 rings (SSSR count). The van der Waals surface area contributed by atoms with Gasteiger partial charge in [-0.1, -0.05) is 0 Å². The summed E-state index contributed by atoms with van der Waals surface area (Å²) in [6.07, 6.45) is 0. The van der Waals surface area contributed by atoms with Crippen molar-refractivity contribution in [3.8, 4) is 0 Å². The first kappa shape index (κ1) is 24.4. The molecule has 0 fully saturated rings. The lowest BCUT2D eigenvalue weighted by molar-refractivity contribution is -0.117. The molecule has 0 spiro atoms. The molecule has 0 heterocycles. The Balaban J connectivity index is 2.02. The second-order valence-corrected chi connectivity index (χ2v) is 9.18. The first-order valence-corrected chi connectivity index (χ1v) is 11.6. The van der Waals surface area contributed by atoms with Gasteiger partial charge in [-0.05, 0) is 76.2 Å². The minimum absolute atomic E-state index is 0.000975. The number of nitrogens with one attached hydrogen (secondary N) is 3. The largest absolute Gasteiger partial charge is 0.369 e. The van der Waals surface area contributed by atoms with Crippen molar-refractivity contribution >= 4 is 38.9 Å². The van der Waals surface area contributed by atoms with Crippen molar-refractivity contribution in [1.82, 2.24) is 4.72 Å². The summed E-state index contributed by atoms with van der Waals surface area (Å²) in [7, 11) is -3.90. The molecule has 2 amide bonds. The predicted molar refractivity (Wildman–Crippen MR) is 124 cm³/mol. The molecule has 0 saturated carbocycles. The third-order valence-electron chi connectivity index (χ3n) is 4.64. The van der Waals surface area contributed by atoms with E-state index < -0.39 is 22.0 Å². The first-order chi connectivity index (χ1) is 14.5. The molecule has 0 unspecified atom stereocenters. The number of sulfonamides is 1. The Labute approximate surface area is 184 Å². The smallest absolute Gasteiger partial charge is 0.242 e. The summed E-state index contributed by atoms with van der Waals surface area (Å²) >= 11 is 0. The summed E-state index contributed by atoms with van der Waals surface area (Å²) in [5, 5.41) is 5.30. The van der Waals surface area contributed by atoms with E-state index in [0.29, 0.717) is 17.4 Å². The Morgan fingerprint density at radius 2 is 1.42 bits per heavy atom. The fraction of sp³-hybridized carbons (Fsp3) is 0.364. The van der Waals surface area contributed by atoms with E-state index in [1.165, 1.54) is 38.1 Å². The van der Waals surface area contributed by atoms with Crippen molar-refractivity contribution < 1.29 is 18.0 Å². The van der Waals surface area contributed by atoms with Gasteiger partial charge in [0, 0.05) is 36.6 Å². The van der Waals surface area contributed by atoms with Gasteiger partial charge in [-0.25, -0.2) is 8.42 Å². The fourth-order valence-electron chi connectivity index (χ4n) is 3.11. The minimum atomic E-state index is -3.90. The topological polar surface area (TPSA) is 108 Å². The highest BCUT2D eigenvalue weighted by Gasteiger charge is 2.22. The average molecular weight is 447 g/mol. The highest BCUT2D eigenvalue weighted by molar-refractivity contribution is 7.89. The Kier molecular flexibility index (Phi) is 8.18. The summed E-state index contributed by atoms with van der Waals surface area (Å²) < 4.78 is 27.5. The molecule has 0 aliphatic carbocycles. The van der Waals surface area contributed by atoms with E-state index >= 15 is 0 Å². The minimum Gasteiger partial charge on any atom is -0.369 e. The second kappa shape index (κ2) is 10.4. The maximum absolute atomic E-state index is 12.6. The SMILES string of the molecule is CCN(c1ccc(NC(=O)[C@H](C)NS(=O)(=O)c2ccc(NC(C)=O)cc2)cc1)C(C)C. The van der Waals surface area contributed by atoms with Crippen LogP contribution in [-0.4, -0.2) is 38.9 Å². The number of rotatable bonds is 9. The summed E-state index contributed by atoms with van der Waals surface area (Å²) in [5.74, 6) is -0.721. The number of amides is 2. The normalized spacial score (nSPS) is 12.3. The molecule has 0 aliphatic rings. The van der Waals surface area contributed by atoms with Gasteiger partial charge >= 0.3 is 0 Å². The van der Waals surface area contributed by atoms with E-state index in [2.05, 4.69) is 41.0 Å². The molecule has 8 nitrogen and oxygen atoms in total. The van der Waals surface area contributed by atoms with Crippen LogP contribution < -0.4 is 20.3 Å². The van der Waals surface area contributed by atoms with Gasteiger partial charge in [-0.2, -0.15) is 4.72 Å². The van der Waals surface area contributed by atoms with Crippen molar-refractivity contribution in [3.05, 3.63) is 48.5 Å². The molecular formula is C22H30N4O4S. The molecule has 168 valence electrons. The van der Waals surface area contributed by atoms with Gasteiger partial charge in [0.1, 0.15) is 0 Å². The molecule has 0 bridgehead atoms. The molecular weight excluding hydrogens is 416 g/mol. The number of carbonyl (C=O) groups excluding carboxylic acids is 2. The number of carbonyl (C=O) groups is 2. The standard InChI is InChI=1S/C22H30N4O4S/c1-6-26(15(2)3)20-11-7-19(8-12-20)24-22(28)16(4)25-31(29,30)21-13-9-18(10-14-21)23-17(5)27/h7-16,25H,6H2,1-5H3,(H,23,27)(H,24,28)/t16-/m0/s1. The molecule has 2 aromatic rings.